The van der Waals surface area contributed by atoms with Gasteiger partial charge in [-0.2, -0.15) is 0 Å². The number of aromatic nitrogens is 2. The van der Waals surface area contributed by atoms with E-state index >= 15 is 0 Å². The van der Waals surface area contributed by atoms with Crippen LogP contribution in [0.4, 0.5) is 11.5 Å². The van der Waals surface area contributed by atoms with Gasteiger partial charge in [-0.1, -0.05) is 23.2 Å². The molecule has 2 aliphatic rings. The summed E-state index contributed by atoms with van der Waals surface area (Å²) in [4.78, 5) is 10.9. The van der Waals surface area contributed by atoms with Crippen LogP contribution < -0.4 is 20.1 Å². The second-order valence-corrected chi connectivity index (χ2v) is 9.78. The molecule has 2 aromatic heterocycles. The third-order valence-corrected chi connectivity index (χ3v) is 7.28. The maximum atomic E-state index is 8.77. The smallest absolute Gasteiger partial charge is 0.162 e. The van der Waals surface area contributed by atoms with E-state index in [1.165, 1.54) is 7.11 Å². The number of nitrogens with two attached hydrogens (primary N) is 1. The van der Waals surface area contributed by atoms with Crippen LogP contribution in [0.1, 0.15) is 22.4 Å². The molecule has 0 bridgehead atoms. The van der Waals surface area contributed by atoms with Crippen LogP contribution in [-0.4, -0.2) is 49.1 Å². The van der Waals surface area contributed by atoms with Gasteiger partial charge in [-0.3, -0.25) is 10.4 Å². The average molecular weight is 514 g/mol. The third-order valence-electron chi connectivity index (χ3n) is 6.45. The number of hydrogen-bond acceptors (Lipinski definition) is 8. The van der Waals surface area contributed by atoms with E-state index in [0.717, 1.165) is 32.1 Å². The highest BCUT2D eigenvalue weighted by Gasteiger charge is 2.49. The number of aryl methyl sites for hydroxylation is 1. The lowest BCUT2D eigenvalue weighted by molar-refractivity contribution is -0.127. The molecule has 0 aliphatic carbocycles. The Morgan fingerprint density at radius 2 is 1.94 bits per heavy atom. The number of nitrogens with zero attached hydrogens (tertiary/aromatic N) is 3. The first-order chi connectivity index (χ1) is 16.8. The molecule has 35 heavy (non-hydrogen) atoms. The van der Waals surface area contributed by atoms with Crippen molar-refractivity contribution in [1.29, 1.82) is 5.41 Å². The Morgan fingerprint density at radius 3 is 2.57 bits per heavy atom. The summed E-state index contributed by atoms with van der Waals surface area (Å²) in [6.07, 6.45) is 3.24. The van der Waals surface area contributed by atoms with Gasteiger partial charge in [0.1, 0.15) is 12.4 Å². The van der Waals surface area contributed by atoms with Crippen molar-refractivity contribution in [2.75, 3.05) is 44.0 Å². The average Bonchev–Trinajstić information content (AvgIpc) is 2.80. The van der Waals surface area contributed by atoms with E-state index in [-0.39, 0.29) is 12.3 Å². The number of nitrogens with one attached hydrogen (secondary N) is 1. The van der Waals surface area contributed by atoms with Gasteiger partial charge in [-0.15, -0.1) is 0 Å². The van der Waals surface area contributed by atoms with E-state index in [4.69, 9.17) is 48.6 Å². The number of nitrogen functional groups attached to an aromatic ring is 1. The van der Waals surface area contributed by atoms with Gasteiger partial charge in [0.2, 0.25) is 0 Å². The topological polar surface area (TPSA) is 107 Å². The lowest BCUT2D eigenvalue weighted by Gasteiger charge is -2.55. The molecule has 0 atom stereocenters. The van der Waals surface area contributed by atoms with Crippen molar-refractivity contribution in [3.05, 3.63) is 69.1 Å². The maximum Gasteiger partial charge on any atom is 0.162 e. The normalized spacial score (nSPS) is 15.9. The third kappa shape index (κ3) is 4.37. The summed E-state index contributed by atoms with van der Waals surface area (Å²) >= 11 is 12.6. The first kappa shape index (κ1) is 23.7. The second kappa shape index (κ2) is 9.18. The summed E-state index contributed by atoms with van der Waals surface area (Å²) in [6.45, 7) is 5.46. The Morgan fingerprint density at radius 1 is 1.17 bits per heavy atom. The summed E-state index contributed by atoms with van der Waals surface area (Å²) in [7, 11) is 1.53. The molecule has 3 aromatic rings. The highest BCUT2D eigenvalue weighted by Crippen LogP contribution is 2.40. The molecule has 8 nitrogen and oxygen atoms in total. The lowest BCUT2D eigenvalue weighted by Crippen LogP contribution is -2.66. The quantitative estimate of drug-likeness (QED) is 0.353. The molecule has 2 saturated heterocycles. The van der Waals surface area contributed by atoms with Gasteiger partial charge >= 0.3 is 0 Å². The molecular weight excluding hydrogens is 489 g/mol. The maximum absolute atomic E-state index is 8.77. The standard InChI is InChI=1S/C25H25Cl2N5O3/c1-14-23(27)17(18(26)8-30-14)9-35-21-5-16(19(28)6-20(21)33-2)24(29)15-3-4-22(31-7-15)32-10-25(11-32)12-34-13-25/h3-8,29H,9-13,28H2,1-2H3. The van der Waals surface area contributed by atoms with Crippen LogP contribution in [0.25, 0.3) is 0 Å². The molecule has 1 spiro atoms. The van der Waals surface area contributed by atoms with Crippen molar-refractivity contribution >= 4 is 40.4 Å². The van der Waals surface area contributed by atoms with Crippen LogP contribution in [0.3, 0.4) is 0 Å². The van der Waals surface area contributed by atoms with Crippen LogP contribution in [0.2, 0.25) is 10.0 Å². The van der Waals surface area contributed by atoms with Gasteiger partial charge < -0.3 is 24.8 Å². The zero-order chi connectivity index (χ0) is 24.7. The Balaban J connectivity index is 1.35. The molecule has 2 fully saturated rings. The fraction of sp³-hybridized carbons (Fsp3) is 0.320. The highest BCUT2D eigenvalue weighted by atomic mass is 35.5. The second-order valence-electron chi connectivity index (χ2n) is 8.99. The molecule has 4 heterocycles. The van der Waals surface area contributed by atoms with Crippen LogP contribution in [0.15, 0.2) is 36.7 Å². The number of benzene rings is 1. The predicted octanol–water partition coefficient (Wildman–Crippen LogP) is 4.51. The largest absolute Gasteiger partial charge is 0.493 e. The number of halogens is 2. The Kier molecular flexibility index (Phi) is 6.21. The van der Waals surface area contributed by atoms with Gasteiger partial charge in [-0.25, -0.2) is 4.98 Å². The molecule has 3 N–H and O–H groups in total. The van der Waals surface area contributed by atoms with Gasteiger partial charge in [0.15, 0.2) is 11.5 Å². The van der Waals surface area contributed by atoms with Crippen molar-refractivity contribution in [3.8, 4) is 11.5 Å². The van der Waals surface area contributed by atoms with Gasteiger partial charge in [0.25, 0.3) is 0 Å². The molecule has 0 radical (unpaired) electrons. The number of hydrogen-bond donors (Lipinski definition) is 2. The van der Waals surface area contributed by atoms with Crippen molar-refractivity contribution in [3.63, 3.8) is 0 Å². The molecular formula is C25H25Cl2N5O3. The van der Waals surface area contributed by atoms with Gasteiger partial charge in [-0.05, 0) is 25.1 Å². The van der Waals surface area contributed by atoms with Crippen molar-refractivity contribution in [2.45, 2.75) is 13.5 Å². The minimum Gasteiger partial charge on any atom is -0.493 e. The zero-order valence-corrected chi connectivity index (χ0v) is 20.9. The number of ether oxygens (including phenoxy) is 3. The molecule has 0 saturated carbocycles. The minimum atomic E-state index is 0.104. The zero-order valence-electron chi connectivity index (χ0n) is 19.4. The molecule has 182 valence electrons. The molecule has 5 rings (SSSR count). The summed E-state index contributed by atoms with van der Waals surface area (Å²) in [5.41, 5.74) is 9.65. The Hall–Kier alpha value is -3.07. The Bertz CT molecular complexity index is 1290. The molecule has 10 heteroatoms. The number of rotatable bonds is 7. The van der Waals surface area contributed by atoms with Gasteiger partial charge in [0.05, 0.1) is 47.2 Å². The van der Waals surface area contributed by atoms with Crippen LogP contribution in [0.5, 0.6) is 11.5 Å². The fourth-order valence-electron chi connectivity index (χ4n) is 4.33. The molecule has 0 unspecified atom stereocenters. The van der Waals surface area contributed by atoms with Crippen LogP contribution in [0, 0.1) is 17.7 Å². The van der Waals surface area contributed by atoms with E-state index in [1.54, 1.807) is 31.5 Å². The summed E-state index contributed by atoms with van der Waals surface area (Å²) in [6, 6.07) is 7.15. The lowest BCUT2D eigenvalue weighted by atomic mass is 9.78. The summed E-state index contributed by atoms with van der Waals surface area (Å²) < 4.78 is 16.8. The minimum absolute atomic E-state index is 0.104. The number of pyridine rings is 2. The SMILES string of the molecule is COc1cc(N)c(C(=N)c2ccc(N3CC4(COC4)C3)nc2)cc1OCc1c(Cl)cnc(C)c1Cl. The first-order valence-electron chi connectivity index (χ1n) is 11.1. The fourth-order valence-corrected chi connectivity index (χ4v) is 4.78. The van der Waals surface area contributed by atoms with E-state index in [0.29, 0.717) is 55.0 Å². The van der Waals surface area contributed by atoms with Crippen molar-refractivity contribution < 1.29 is 14.2 Å². The number of anilines is 2. The van der Waals surface area contributed by atoms with E-state index < -0.39 is 0 Å². The van der Waals surface area contributed by atoms with E-state index in [1.807, 2.05) is 12.1 Å². The van der Waals surface area contributed by atoms with Crippen molar-refractivity contribution in [1.82, 2.24) is 9.97 Å². The van der Waals surface area contributed by atoms with Crippen LogP contribution in [-0.2, 0) is 11.3 Å². The van der Waals surface area contributed by atoms with Crippen LogP contribution >= 0.6 is 23.2 Å². The predicted molar refractivity (Wildman–Crippen MR) is 136 cm³/mol. The first-order valence-corrected chi connectivity index (χ1v) is 11.8. The Labute approximate surface area is 213 Å². The van der Waals surface area contributed by atoms with Crippen molar-refractivity contribution in [2.24, 2.45) is 5.41 Å². The van der Waals surface area contributed by atoms with Gasteiger partial charge in [0, 0.05) is 53.9 Å². The summed E-state index contributed by atoms with van der Waals surface area (Å²) in [5.74, 6) is 1.76. The van der Waals surface area contributed by atoms with E-state index in [2.05, 4.69) is 14.9 Å². The van der Waals surface area contributed by atoms with E-state index in [9.17, 15) is 0 Å². The molecule has 1 aromatic carbocycles. The monoisotopic (exact) mass is 513 g/mol. The summed E-state index contributed by atoms with van der Waals surface area (Å²) in [5, 5.41) is 9.63. The molecule has 2 aliphatic heterocycles. The highest BCUT2D eigenvalue weighted by molar-refractivity contribution is 6.36. The molecule has 0 amide bonds. The number of methoxy groups -OCH3 is 1.